The van der Waals surface area contributed by atoms with Gasteiger partial charge in [-0.1, -0.05) is 53.6 Å². The maximum atomic E-state index is 12.9. The lowest BCUT2D eigenvalue weighted by Crippen LogP contribution is -2.45. The number of nitrogens with two attached hydrogens (primary N) is 1. The maximum Gasteiger partial charge on any atom is 0.220 e. The Morgan fingerprint density at radius 3 is 2.57 bits per heavy atom. The molecule has 1 fully saturated rings. The van der Waals surface area contributed by atoms with Crippen LogP contribution in [0, 0.1) is 5.92 Å². The van der Waals surface area contributed by atoms with Crippen LogP contribution < -0.4 is 11.1 Å². The van der Waals surface area contributed by atoms with Gasteiger partial charge < -0.3 is 15.8 Å². The number of rotatable bonds is 4. The summed E-state index contributed by atoms with van der Waals surface area (Å²) in [6, 6.07) is 12.4. The molecule has 0 saturated carbocycles. The van der Waals surface area contributed by atoms with Crippen molar-refractivity contribution in [2.45, 2.75) is 24.7 Å². The lowest BCUT2D eigenvalue weighted by atomic mass is 9.59. The van der Waals surface area contributed by atoms with E-state index in [1.807, 2.05) is 19.1 Å². The third kappa shape index (κ3) is 3.54. The van der Waals surface area contributed by atoms with E-state index in [-0.39, 0.29) is 18.2 Å². The minimum atomic E-state index is -1.09. The normalized spacial score (nSPS) is 24.9. The molecule has 1 saturated heterocycles. The molecule has 2 aromatic rings. The Morgan fingerprint density at radius 2 is 1.96 bits per heavy atom. The summed E-state index contributed by atoms with van der Waals surface area (Å²) in [7, 11) is 0. The fraction of sp³-hybridized carbons (Fsp3) is 0.273. The SMILES string of the molecule is C=C(C)[C@@H]1CNC(=O)C[C@H](c2cccc(Cl)c2)[C@]1(C=O)c1ccc(Cl)cc1N. The Morgan fingerprint density at radius 1 is 1.25 bits per heavy atom. The van der Waals surface area contributed by atoms with Gasteiger partial charge in [-0.15, -0.1) is 0 Å². The van der Waals surface area contributed by atoms with Crippen molar-refractivity contribution in [1.29, 1.82) is 0 Å². The van der Waals surface area contributed by atoms with Gasteiger partial charge in [0.15, 0.2) is 0 Å². The topological polar surface area (TPSA) is 72.2 Å². The van der Waals surface area contributed by atoms with E-state index in [2.05, 4.69) is 11.9 Å². The van der Waals surface area contributed by atoms with Crippen LogP contribution in [-0.4, -0.2) is 18.7 Å². The molecule has 0 aliphatic carbocycles. The third-order valence-electron chi connectivity index (χ3n) is 5.57. The van der Waals surface area contributed by atoms with Crippen molar-refractivity contribution in [3.8, 4) is 0 Å². The zero-order chi connectivity index (χ0) is 20.5. The number of benzene rings is 2. The monoisotopic (exact) mass is 416 g/mol. The van der Waals surface area contributed by atoms with Crippen LogP contribution in [0.5, 0.6) is 0 Å². The van der Waals surface area contributed by atoms with Gasteiger partial charge in [0, 0.05) is 40.5 Å². The van der Waals surface area contributed by atoms with Crippen molar-refractivity contribution < 1.29 is 9.59 Å². The first-order valence-corrected chi connectivity index (χ1v) is 9.74. The predicted octanol–water partition coefficient (Wildman–Crippen LogP) is 4.51. The van der Waals surface area contributed by atoms with Crippen molar-refractivity contribution in [2.24, 2.45) is 5.92 Å². The highest BCUT2D eigenvalue weighted by Gasteiger charge is 2.51. The number of hydrogen-bond acceptors (Lipinski definition) is 3. The summed E-state index contributed by atoms with van der Waals surface area (Å²) in [5, 5.41) is 3.94. The Balaban J connectivity index is 2.35. The number of aldehydes is 1. The lowest BCUT2D eigenvalue weighted by Gasteiger charge is -2.42. The van der Waals surface area contributed by atoms with Crippen molar-refractivity contribution in [3.63, 3.8) is 0 Å². The van der Waals surface area contributed by atoms with Crippen LogP contribution in [0.1, 0.15) is 30.4 Å². The molecule has 28 heavy (non-hydrogen) atoms. The van der Waals surface area contributed by atoms with Crippen molar-refractivity contribution in [3.05, 3.63) is 75.8 Å². The predicted molar refractivity (Wildman–Crippen MR) is 114 cm³/mol. The minimum Gasteiger partial charge on any atom is -0.398 e. The van der Waals surface area contributed by atoms with Gasteiger partial charge in [-0.05, 0) is 42.3 Å². The summed E-state index contributed by atoms with van der Waals surface area (Å²) in [5.41, 5.74) is 7.87. The number of nitrogens with one attached hydrogen (secondary N) is 1. The second-order valence-corrected chi connectivity index (χ2v) is 8.17. The number of nitrogen functional groups attached to an aromatic ring is 1. The highest BCUT2D eigenvalue weighted by molar-refractivity contribution is 6.31. The molecule has 0 bridgehead atoms. The maximum absolute atomic E-state index is 12.9. The Bertz CT molecular complexity index is 944. The molecule has 2 aromatic carbocycles. The molecule has 146 valence electrons. The fourth-order valence-electron chi connectivity index (χ4n) is 4.28. The number of hydrogen-bond donors (Lipinski definition) is 2. The molecule has 1 amide bonds. The van der Waals surface area contributed by atoms with Gasteiger partial charge in [-0.3, -0.25) is 4.79 Å². The second kappa shape index (κ2) is 7.98. The lowest BCUT2D eigenvalue weighted by molar-refractivity contribution is -0.121. The number of carbonyl (C=O) groups excluding carboxylic acids is 2. The quantitative estimate of drug-likeness (QED) is 0.437. The summed E-state index contributed by atoms with van der Waals surface area (Å²) in [6.07, 6.45) is 1.04. The molecule has 3 rings (SSSR count). The van der Waals surface area contributed by atoms with E-state index in [1.54, 1.807) is 30.3 Å². The number of carbonyl (C=O) groups is 2. The summed E-state index contributed by atoms with van der Waals surface area (Å²) < 4.78 is 0. The molecule has 0 spiro atoms. The van der Waals surface area contributed by atoms with Crippen LogP contribution in [0.2, 0.25) is 10.0 Å². The van der Waals surface area contributed by atoms with Crippen LogP contribution >= 0.6 is 23.2 Å². The molecular weight excluding hydrogens is 395 g/mol. The van der Waals surface area contributed by atoms with E-state index in [4.69, 9.17) is 28.9 Å². The Hall–Kier alpha value is -2.30. The van der Waals surface area contributed by atoms with E-state index in [0.29, 0.717) is 27.8 Å². The smallest absolute Gasteiger partial charge is 0.220 e. The first kappa shape index (κ1) is 20.4. The first-order valence-electron chi connectivity index (χ1n) is 8.99. The van der Waals surface area contributed by atoms with Gasteiger partial charge in [-0.2, -0.15) is 0 Å². The zero-order valence-corrected chi connectivity index (χ0v) is 17.1. The van der Waals surface area contributed by atoms with E-state index >= 15 is 0 Å². The third-order valence-corrected chi connectivity index (χ3v) is 6.04. The van der Waals surface area contributed by atoms with E-state index in [9.17, 15) is 9.59 Å². The van der Waals surface area contributed by atoms with Crippen LogP contribution in [-0.2, 0) is 15.0 Å². The molecule has 0 radical (unpaired) electrons. The summed E-state index contributed by atoms with van der Waals surface area (Å²) in [5.74, 6) is -0.937. The Labute approximate surface area is 174 Å². The minimum absolute atomic E-state index is 0.130. The molecule has 1 aliphatic rings. The van der Waals surface area contributed by atoms with E-state index in [1.165, 1.54) is 0 Å². The molecular formula is C22H22Cl2N2O2. The number of anilines is 1. The number of halogens is 2. The van der Waals surface area contributed by atoms with Crippen molar-refractivity contribution >= 4 is 41.1 Å². The average Bonchev–Trinajstić information content (AvgIpc) is 2.78. The highest BCUT2D eigenvalue weighted by Crippen LogP contribution is 2.50. The van der Waals surface area contributed by atoms with Gasteiger partial charge in [0.2, 0.25) is 5.91 Å². The molecule has 3 N–H and O–H groups in total. The van der Waals surface area contributed by atoms with Crippen LogP contribution in [0.4, 0.5) is 5.69 Å². The highest BCUT2D eigenvalue weighted by atomic mass is 35.5. The fourth-order valence-corrected chi connectivity index (χ4v) is 4.66. The largest absolute Gasteiger partial charge is 0.398 e. The van der Waals surface area contributed by atoms with Gasteiger partial charge in [-0.25, -0.2) is 0 Å². The standard InChI is InChI=1S/C22H22Cl2N2O2/c1-13(2)19-11-26-21(28)10-18(14-4-3-5-15(23)8-14)22(19,12-27)17-7-6-16(24)9-20(17)25/h3-9,12,18-19H,1,10-11,25H2,2H3,(H,26,28)/t18-,19+,22+/m1/s1. The van der Waals surface area contributed by atoms with Crippen LogP contribution in [0.3, 0.4) is 0 Å². The molecule has 1 aliphatic heterocycles. The van der Waals surface area contributed by atoms with Crippen LogP contribution in [0.15, 0.2) is 54.6 Å². The van der Waals surface area contributed by atoms with E-state index < -0.39 is 11.3 Å². The summed E-state index contributed by atoms with van der Waals surface area (Å²) in [4.78, 5) is 25.4. The number of amides is 1. The van der Waals surface area contributed by atoms with Gasteiger partial charge in [0.1, 0.15) is 6.29 Å². The molecule has 1 heterocycles. The van der Waals surface area contributed by atoms with Crippen LogP contribution in [0.25, 0.3) is 0 Å². The molecule has 0 aromatic heterocycles. The summed E-state index contributed by atoms with van der Waals surface area (Å²) >= 11 is 12.3. The molecule has 6 heteroatoms. The van der Waals surface area contributed by atoms with Gasteiger partial charge in [0.05, 0.1) is 5.41 Å². The molecule has 3 atom stereocenters. The van der Waals surface area contributed by atoms with Crippen molar-refractivity contribution in [2.75, 3.05) is 12.3 Å². The first-order chi connectivity index (χ1) is 13.3. The average molecular weight is 417 g/mol. The second-order valence-electron chi connectivity index (χ2n) is 7.30. The zero-order valence-electron chi connectivity index (χ0n) is 15.5. The van der Waals surface area contributed by atoms with Crippen molar-refractivity contribution in [1.82, 2.24) is 5.32 Å². The van der Waals surface area contributed by atoms with E-state index in [0.717, 1.165) is 17.4 Å². The molecule has 4 nitrogen and oxygen atoms in total. The van der Waals surface area contributed by atoms with Gasteiger partial charge >= 0.3 is 0 Å². The molecule has 0 unspecified atom stereocenters. The summed E-state index contributed by atoms with van der Waals surface area (Å²) in [6.45, 7) is 6.26. The Kier molecular flexibility index (Phi) is 5.82. The van der Waals surface area contributed by atoms with Gasteiger partial charge in [0.25, 0.3) is 0 Å².